The number of amides is 2. The first-order chi connectivity index (χ1) is 14.9. The minimum Gasteiger partial charge on any atom is -0.488 e. The Hall–Kier alpha value is -2.06. The van der Waals surface area contributed by atoms with Gasteiger partial charge in [-0.15, -0.1) is 0 Å². The maximum absolute atomic E-state index is 12.9. The number of benzene rings is 3. The maximum atomic E-state index is 12.9. The van der Waals surface area contributed by atoms with Crippen molar-refractivity contribution in [3.63, 3.8) is 0 Å². The molecule has 3 aromatic carbocycles. The Labute approximate surface area is 205 Å². The van der Waals surface area contributed by atoms with Crippen LogP contribution in [-0.4, -0.2) is 11.1 Å². The molecule has 0 aromatic heterocycles. The number of halogens is 3. The third-order valence-electron chi connectivity index (χ3n) is 4.44. The maximum Gasteiger partial charge on any atom is 0.298 e. The Balaban J connectivity index is 1.59. The number of carbonyl (C=O) groups excluding carboxylic acids is 2. The summed E-state index contributed by atoms with van der Waals surface area (Å²) in [6.45, 7) is 0.377. The van der Waals surface area contributed by atoms with Crippen LogP contribution in [0.5, 0.6) is 5.75 Å². The van der Waals surface area contributed by atoms with E-state index in [4.69, 9.17) is 16.3 Å². The van der Waals surface area contributed by atoms with Crippen molar-refractivity contribution in [3.8, 4) is 5.75 Å². The molecule has 31 heavy (non-hydrogen) atoms. The lowest BCUT2D eigenvalue weighted by atomic mass is 10.1. The first-order valence-electron chi connectivity index (χ1n) is 9.11. The van der Waals surface area contributed by atoms with Crippen LogP contribution in [0.3, 0.4) is 0 Å². The van der Waals surface area contributed by atoms with Crippen molar-refractivity contribution in [2.75, 3.05) is 4.90 Å². The van der Waals surface area contributed by atoms with Gasteiger partial charge in [0.05, 0.1) is 10.6 Å². The summed E-state index contributed by atoms with van der Waals surface area (Å²) < 4.78 is 7.84. The summed E-state index contributed by atoms with van der Waals surface area (Å²) in [6.07, 6.45) is 1.68. The smallest absolute Gasteiger partial charge is 0.298 e. The molecule has 4 nitrogen and oxygen atoms in total. The van der Waals surface area contributed by atoms with E-state index in [1.807, 2.05) is 42.5 Å². The van der Waals surface area contributed by atoms with Crippen LogP contribution in [0.15, 0.2) is 80.6 Å². The third kappa shape index (κ3) is 5.23. The van der Waals surface area contributed by atoms with Gasteiger partial charge in [0.2, 0.25) is 0 Å². The van der Waals surface area contributed by atoms with Gasteiger partial charge in [0, 0.05) is 19.5 Å². The summed E-state index contributed by atoms with van der Waals surface area (Å²) >= 11 is 13.7. The molecule has 1 aliphatic heterocycles. The molecule has 2 amide bonds. The third-order valence-corrected chi connectivity index (χ3v) is 6.59. The van der Waals surface area contributed by atoms with Crippen molar-refractivity contribution < 1.29 is 14.3 Å². The number of hydrogen-bond acceptors (Lipinski definition) is 4. The normalized spacial score (nSPS) is 15.1. The summed E-state index contributed by atoms with van der Waals surface area (Å²) in [4.78, 5) is 26.9. The summed E-state index contributed by atoms with van der Waals surface area (Å²) in [7, 11) is 0. The van der Waals surface area contributed by atoms with Crippen molar-refractivity contribution in [2.45, 2.75) is 6.61 Å². The Kier molecular flexibility index (Phi) is 6.86. The molecule has 0 radical (unpaired) electrons. The molecule has 0 unspecified atom stereocenters. The van der Waals surface area contributed by atoms with Crippen LogP contribution in [0.4, 0.5) is 10.5 Å². The quantitative estimate of drug-likeness (QED) is 0.291. The second-order valence-corrected chi connectivity index (χ2v) is 9.85. The van der Waals surface area contributed by atoms with Gasteiger partial charge in [0.1, 0.15) is 12.4 Å². The number of nitrogens with zero attached hydrogens (tertiary/aromatic N) is 1. The molecule has 0 N–H and O–H groups in total. The summed E-state index contributed by atoms with van der Waals surface area (Å²) in [5, 5.41) is 0.180. The summed E-state index contributed by atoms with van der Waals surface area (Å²) in [5.74, 6) is 0.237. The van der Waals surface area contributed by atoms with E-state index < -0.39 is 0 Å². The van der Waals surface area contributed by atoms with E-state index in [0.717, 1.165) is 31.2 Å². The number of ether oxygens (including phenoxy) is 1. The van der Waals surface area contributed by atoms with Gasteiger partial charge in [0.15, 0.2) is 0 Å². The fourth-order valence-corrected chi connectivity index (χ4v) is 4.53. The lowest BCUT2D eigenvalue weighted by molar-refractivity contribution is -0.113. The largest absolute Gasteiger partial charge is 0.488 e. The lowest BCUT2D eigenvalue weighted by Gasteiger charge is -2.12. The molecule has 156 valence electrons. The van der Waals surface area contributed by atoms with E-state index in [1.54, 1.807) is 30.3 Å². The van der Waals surface area contributed by atoms with Crippen LogP contribution in [0.1, 0.15) is 11.1 Å². The zero-order valence-electron chi connectivity index (χ0n) is 15.8. The number of rotatable bonds is 5. The first-order valence-corrected chi connectivity index (χ1v) is 11.9. The fourth-order valence-electron chi connectivity index (χ4n) is 2.93. The van der Waals surface area contributed by atoms with Gasteiger partial charge in [-0.2, -0.15) is 0 Å². The Morgan fingerprint density at radius 2 is 1.61 bits per heavy atom. The van der Waals surface area contributed by atoms with E-state index in [1.165, 1.54) is 0 Å². The van der Waals surface area contributed by atoms with E-state index in [9.17, 15) is 9.59 Å². The molecule has 0 bridgehead atoms. The highest BCUT2D eigenvalue weighted by Gasteiger charge is 2.36. The highest BCUT2D eigenvalue weighted by atomic mass is 79.9. The predicted molar refractivity (Wildman–Crippen MR) is 133 cm³/mol. The van der Waals surface area contributed by atoms with Crippen molar-refractivity contribution in [3.05, 3.63) is 96.7 Å². The van der Waals surface area contributed by atoms with Gasteiger partial charge >= 0.3 is 0 Å². The molecule has 1 aliphatic rings. The zero-order chi connectivity index (χ0) is 22.0. The molecule has 3 aromatic rings. The number of carbonyl (C=O) groups is 2. The van der Waals surface area contributed by atoms with E-state index >= 15 is 0 Å². The minimum atomic E-state index is -0.379. The van der Waals surface area contributed by atoms with Crippen LogP contribution < -0.4 is 9.64 Å². The van der Waals surface area contributed by atoms with Gasteiger partial charge in [-0.1, -0.05) is 55.6 Å². The van der Waals surface area contributed by atoms with Crippen LogP contribution in [0.25, 0.3) is 6.08 Å². The molecule has 0 saturated carbocycles. The highest BCUT2D eigenvalue weighted by molar-refractivity contribution is 9.10. The first kappa shape index (κ1) is 22.1. The van der Waals surface area contributed by atoms with Crippen molar-refractivity contribution in [1.82, 2.24) is 0 Å². The average Bonchev–Trinajstić information content (AvgIpc) is 3.02. The molecule has 1 saturated heterocycles. The molecule has 1 fully saturated rings. The molecule has 0 spiro atoms. The van der Waals surface area contributed by atoms with Crippen LogP contribution in [0, 0.1) is 0 Å². The van der Waals surface area contributed by atoms with E-state index in [0.29, 0.717) is 33.5 Å². The molecular formula is C23H14Br2ClNO3S. The molecule has 0 aliphatic carbocycles. The van der Waals surface area contributed by atoms with Gasteiger partial charge in [-0.05, 0) is 78.0 Å². The van der Waals surface area contributed by atoms with Gasteiger partial charge < -0.3 is 4.74 Å². The number of hydrogen-bond donors (Lipinski definition) is 0. The topological polar surface area (TPSA) is 46.6 Å². The second kappa shape index (κ2) is 9.61. The van der Waals surface area contributed by atoms with Crippen LogP contribution in [0.2, 0.25) is 5.02 Å². The SMILES string of the molecule is O=C1S/C(=C/c2cc(Br)ccc2OCc2ccc(Br)cc2)C(=O)N1c1ccc(Cl)cc1. The van der Waals surface area contributed by atoms with Crippen LogP contribution >= 0.6 is 55.2 Å². The molecule has 8 heteroatoms. The standard InChI is InChI=1S/C23H14Br2ClNO3S/c24-16-3-1-14(2-4-16)13-30-20-10-5-17(25)11-15(20)12-21-22(28)27(23(29)31-21)19-8-6-18(26)7-9-19/h1-12H,13H2/b21-12+. The predicted octanol–water partition coefficient (Wildman–Crippen LogP) is 7.68. The zero-order valence-corrected chi connectivity index (χ0v) is 20.6. The Morgan fingerprint density at radius 1 is 0.935 bits per heavy atom. The lowest BCUT2D eigenvalue weighted by Crippen LogP contribution is -2.27. The average molecular weight is 580 g/mol. The molecule has 0 atom stereocenters. The minimum absolute atomic E-state index is 0.326. The number of anilines is 1. The summed E-state index contributed by atoms with van der Waals surface area (Å²) in [6, 6.07) is 20.0. The van der Waals surface area contributed by atoms with Gasteiger partial charge in [0.25, 0.3) is 11.1 Å². The molecule has 1 heterocycles. The van der Waals surface area contributed by atoms with Crippen molar-refractivity contribution in [2.24, 2.45) is 0 Å². The van der Waals surface area contributed by atoms with Gasteiger partial charge in [-0.25, -0.2) is 4.90 Å². The number of thioether (sulfide) groups is 1. The summed E-state index contributed by atoms with van der Waals surface area (Å²) in [5.41, 5.74) is 2.20. The van der Waals surface area contributed by atoms with E-state index in [-0.39, 0.29) is 11.1 Å². The Morgan fingerprint density at radius 3 is 2.32 bits per heavy atom. The van der Waals surface area contributed by atoms with Gasteiger partial charge in [-0.3, -0.25) is 9.59 Å². The van der Waals surface area contributed by atoms with Crippen molar-refractivity contribution in [1.29, 1.82) is 0 Å². The molecular weight excluding hydrogens is 566 g/mol. The van der Waals surface area contributed by atoms with Crippen LogP contribution in [-0.2, 0) is 11.4 Å². The number of imide groups is 1. The Bertz CT molecular complexity index is 1180. The second-order valence-electron chi connectivity index (χ2n) is 6.59. The van der Waals surface area contributed by atoms with Crippen molar-refractivity contribution >= 4 is 78.1 Å². The highest BCUT2D eigenvalue weighted by Crippen LogP contribution is 2.37. The fraction of sp³-hybridized carbons (Fsp3) is 0.0435. The van der Waals surface area contributed by atoms with E-state index in [2.05, 4.69) is 31.9 Å². The molecule has 4 rings (SSSR count). The monoisotopic (exact) mass is 577 g/mol.